The molecule has 0 spiro atoms. The first-order valence-electron chi connectivity index (χ1n) is 11.2. The van der Waals surface area contributed by atoms with Gasteiger partial charge in [0.25, 0.3) is 0 Å². The summed E-state index contributed by atoms with van der Waals surface area (Å²) in [6.45, 7) is -0.291. The summed E-state index contributed by atoms with van der Waals surface area (Å²) in [4.78, 5) is 40.4. The average molecular weight is 453 g/mol. The minimum Gasteiger partial charge on any atom is -0.479 e. The molecular weight excluding hydrogens is 424 g/mol. The van der Waals surface area contributed by atoms with E-state index in [9.17, 15) is 14.4 Å². The van der Waals surface area contributed by atoms with Gasteiger partial charge in [0.05, 0.1) is 0 Å². The Morgan fingerprint density at radius 2 is 1.55 bits per heavy atom. The lowest BCUT2D eigenvalue weighted by atomic mass is 9.85. The van der Waals surface area contributed by atoms with Gasteiger partial charge in [0, 0.05) is 24.9 Å². The number of nitrogens with zero attached hydrogens (tertiary/aromatic N) is 1. The number of alkyl carbamates (subject to hydrolysis) is 1. The van der Waals surface area contributed by atoms with Crippen LogP contribution in [0.5, 0.6) is 0 Å². The monoisotopic (exact) mass is 452 g/mol. The van der Waals surface area contributed by atoms with Crippen LogP contribution in [0.25, 0.3) is 11.1 Å². The maximum absolute atomic E-state index is 12.5. The number of hydrogen-bond donors (Lipinski definition) is 2. The van der Waals surface area contributed by atoms with E-state index in [-0.39, 0.29) is 30.4 Å². The molecule has 2 aromatic rings. The summed E-state index contributed by atoms with van der Waals surface area (Å²) in [5.41, 5.74) is 4.70. The molecule has 0 saturated heterocycles. The molecule has 2 amide bonds. The van der Waals surface area contributed by atoms with E-state index in [1.807, 2.05) is 24.3 Å². The Balaban J connectivity index is 1.25. The maximum atomic E-state index is 12.5. The molecule has 174 valence electrons. The van der Waals surface area contributed by atoms with Crippen molar-refractivity contribution in [3.63, 3.8) is 0 Å². The van der Waals surface area contributed by atoms with Crippen LogP contribution >= 0.6 is 0 Å². The molecule has 0 aliphatic heterocycles. The van der Waals surface area contributed by atoms with E-state index in [1.54, 1.807) is 0 Å². The lowest BCUT2D eigenvalue weighted by molar-refractivity contribution is -0.190. The molecule has 0 radical (unpaired) electrons. The zero-order valence-electron chi connectivity index (χ0n) is 18.5. The van der Waals surface area contributed by atoms with Crippen LogP contribution in [0.3, 0.4) is 0 Å². The fourth-order valence-corrected chi connectivity index (χ4v) is 4.76. The number of ether oxygens (including phenoxy) is 1. The van der Waals surface area contributed by atoms with Crippen LogP contribution in [0, 0.1) is 5.92 Å². The van der Waals surface area contributed by atoms with E-state index >= 15 is 0 Å². The first-order valence-corrected chi connectivity index (χ1v) is 11.2. The van der Waals surface area contributed by atoms with Crippen molar-refractivity contribution in [2.75, 3.05) is 20.3 Å². The summed E-state index contributed by atoms with van der Waals surface area (Å²) < 4.78 is 5.61. The highest BCUT2D eigenvalue weighted by Crippen LogP contribution is 2.44. The van der Waals surface area contributed by atoms with Crippen LogP contribution in [-0.2, 0) is 19.2 Å². The normalized spacial score (nSPS) is 19.3. The third-order valence-electron chi connectivity index (χ3n) is 6.43. The minimum absolute atomic E-state index is 0.0119. The number of benzene rings is 2. The summed E-state index contributed by atoms with van der Waals surface area (Å²) in [6.07, 6.45) is 2.02. The first kappa shape index (κ1) is 22.8. The third kappa shape index (κ3) is 5.17. The minimum atomic E-state index is -1.13. The smallest absolute Gasteiger partial charge is 0.407 e. The number of carbonyl (C=O) groups is 3. The second-order valence-electron chi connectivity index (χ2n) is 8.52. The van der Waals surface area contributed by atoms with Gasteiger partial charge in [-0.15, -0.1) is 0 Å². The van der Waals surface area contributed by atoms with Crippen LogP contribution in [0.15, 0.2) is 48.5 Å². The molecule has 0 atom stereocenters. The van der Waals surface area contributed by atoms with Gasteiger partial charge in [0.2, 0.25) is 5.91 Å². The number of aliphatic carboxylic acids is 1. The Hall–Kier alpha value is -3.39. The number of amides is 2. The Kier molecular flexibility index (Phi) is 6.93. The van der Waals surface area contributed by atoms with E-state index in [2.05, 4.69) is 29.6 Å². The standard InChI is InChI=1S/C25H28N2O6/c1-27(33-15-23(28)29)24(30)16-10-12-17(13-11-16)26-25(31)32-14-22-20-8-4-2-6-18(20)19-7-3-5-9-21(19)22/h2-9,16-17,22H,10-15H2,1H3,(H,26,31)(H,28,29). The molecule has 8 heteroatoms. The number of hydrogen-bond acceptors (Lipinski definition) is 5. The van der Waals surface area contributed by atoms with Gasteiger partial charge in [-0.05, 0) is 47.9 Å². The Morgan fingerprint density at radius 3 is 2.12 bits per heavy atom. The molecule has 0 aromatic heterocycles. The second kappa shape index (κ2) is 10.0. The van der Waals surface area contributed by atoms with Crippen molar-refractivity contribution in [2.45, 2.75) is 37.6 Å². The summed E-state index contributed by atoms with van der Waals surface area (Å²) in [5, 5.41) is 12.6. The number of carbonyl (C=O) groups excluding carboxylic acids is 2. The van der Waals surface area contributed by atoms with Crippen molar-refractivity contribution < 1.29 is 29.1 Å². The van der Waals surface area contributed by atoms with E-state index < -0.39 is 18.7 Å². The van der Waals surface area contributed by atoms with Crippen molar-refractivity contribution in [3.8, 4) is 11.1 Å². The lowest BCUT2D eigenvalue weighted by Gasteiger charge is -2.30. The van der Waals surface area contributed by atoms with Crippen molar-refractivity contribution in [1.29, 1.82) is 0 Å². The van der Waals surface area contributed by atoms with Gasteiger partial charge >= 0.3 is 12.1 Å². The summed E-state index contributed by atoms with van der Waals surface area (Å²) in [6, 6.07) is 16.3. The highest BCUT2D eigenvalue weighted by molar-refractivity contribution is 5.79. The number of carboxylic acid groups (broad SMARTS) is 1. The molecule has 0 bridgehead atoms. The molecule has 0 unspecified atom stereocenters. The maximum Gasteiger partial charge on any atom is 0.407 e. The number of carboxylic acids is 1. The molecule has 0 heterocycles. The molecule has 1 saturated carbocycles. The predicted octanol–water partition coefficient (Wildman–Crippen LogP) is 3.56. The molecule has 33 heavy (non-hydrogen) atoms. The fraction of sp³-hybridized carbons (Fsp3) is 0.400. The van der Waals surface area contributed by atoms with Gasteiger partial charge in [-0.25, -0.2) is 14.7 Å². The molecule has 2 aromatic carbocycles. The van der Waals surface area contributed by atoms with Gasteiger partial charge in [-0.3, -0.25) is 9.63 Å². The van der Waals surface area contributed by atoms with E-state index in [1.165, 1.54) is 29.3 Å². The topological polar surface area (TPSA) is 105 Å². The summed E-state index contributed by atoms with van der Waals surface area (Å²) in [5.74, 6) is -1.61. The van der Waals surface area contributed by atoms with E-state index in [4.69, 9.17) is 14.7 Å². The van der Waals surface area contributed by atoms with Crippen molar-refractivity contribution in [3.05, 3.63) is 59.7 Å². The SMILES string of the molecule is CN(OCC(=O)O)C(=O)C1CCC(NC(=O)OCC2c3ccccc3-c3ccccc32)CC1. The number of hydroxylamine groups is 2. The molecule has 4 rings (SSSR count). The van der Waals surface area contributed by atoms with Gasteiger partial charge in [-0.1, -0.05) is 48.5 Å². The third-order valence-corrected chi connectivity index (χ3v) is 6.43. The zero-order chi connectivity index (χ0) is 23.4. The van der Waals surface area contributed by atoms with Crippen LogP contribution in [0.1, 0.15) is 42.7 Å². The summed E-state index contributed by atoms with van der Waals surface area (Å²) >= 11 is 0. The summed E-state index contributed by atoms with van der Waals surface area (Å²) in [7, 11) is 1.42. The van der Waals surface area contributed by atoms with Crippen LogP contribution in [-0.4, -0.2) is 54.4 Å². The zero-order valence-corrected chi connectivity index (χ0v) is 18.5. The first-order chi connectivity index (χ1) is 15.9. The number of rotatable bonds is 7. The number of fused-ring (bicyclic) bond motifs is 3. The predicted molar refractivity (Wildman–Crippen MR) is 120 cm³/mol. The van der Waals surface area contributed by atoms with Crippen molar-refractivity contribution >= 4 is 18.0 Å². The van der Waals surface area contributed by atoms with Crippen LogP contribution in [0.2, 0.25) is 0 Å². The molecule has 8 nitrogen and oxygen atoms in total. The van der Waals surface area contributed by atoms with Gasteiger partial charge in [0.1, 0.15) is 6.61 Å². The van der Waals surface area contributed by atoms with Crippen molar-refractivity contribution in [2.24, 2.45) is 5.92 Å². The fourth-order valence-electron chi connectivity index (χ4n) is 4.76. The lowest BCUT2D eigenvalue weighted by Crippen LogP contribution is -2.42. The molecule has 2 aliphatic carbocycles. The highest BCUT2D eigenvalue weighted by Gasteiger charge is 2.31. The quantitative estimate of drug-likeness (QED) is 0.623. The van der Waals surface area contributed by atoms with E-state index in [0.717, 1.165) is 5.06 Å². The highest BCUT2D eigenvalue weighted by atomic mass is 16.7. The van der Waals surface area contributed by atoms with Gasteiger partial charge in [-0.2, -0.15) is 0 Å². The van der Waals surface area contributed by atoms with Crippen LogP contribution < -0.4 is 5.32 Å². The van der Waals surface area contributed by atoms with Gasteiger partial charge in [0.15, 0.2) is 6.61 Å². The average Bonchev–Trinajstić information content (AvgIpc) is 3.15. The largest absolute Gasteiger partial charge is 0.479 e. The van der Waals surface area contributed by atoms with Gasteiger partial charge < -0.3 is 15.2 Å². The molecule has 2 N–H and O–H groups in total. The second-order valence-corrected chi connectivity index (χ2v) is 8.52. The molecular formula is C25H28N2O6. The number of nitrogens with one attached hydrogen (secondary N) is 1. The Morgan fingerprint density at radius 1 is 0.970 bits per heavy atom. The molecule has 1 fully saturated rings. The van der Waals surface area contributed by atoms with Crippen molar-refractivity contribution in [1.82, 2.24) is 10.4 Å². The Bertz CT molecular complexity index is 986. The van der Waals surface area contributed by atoms with E-state index in [0.29, 0.717) is 25.7 Å². The van der Waals surface area contributed by atoms with Crippen LogP contribution in [0.4, 0.5) is 4.79 Å². The Labute approximate surface area is 192 Å². The molecule has 2 aliphatic rings.